The van der Waals surface area contributed by atoms with Gasteiger partial charge in [-0.1, -0.05) is 30.3 Å². The molecule has 0 aliphatic carbocycles. The van der Waals surface area contributed by atoms with Crippen LogP contribution in [-0.2, 0) is 11.8 Å². The molecule has 2 atom stereocenters. The third kappa shape index (κ3) is 2.76. The highest BCUT2D eigenvalue weighted by atomic mass is 16.2. The fraction of sp³-hybridized carbons (Fsp3) is 0.429. The Bertz CT molecular complexity index is 876. The Balaban J connectivity index is 1.50. The Kier molecular flexibility index (Phi) is 4.19. The van der Waals surface area contributed by atoms with Crippen molar-refractivity contribution < 1.29 is 4.79 Å². The Labute approximate surface area is 153 Å². The van der Waals surface area contributed by atoms with Crippen molar-refractivity contribution in [3.8, 4) is 0 Å². The van der Waals surface area contributed by atoms with Gasteiger partial charge in [-0.15, -0.1) is 0 Å². The van der Waals surface area contributed by atoms with E-state index in [-0.39, 0.29) is 16.9 Å². The molecule has 0 saturated carbocycles. The number of pyridine rings is 1. The standard InChI is InChI=1S/C21H25N3O2/c1-16(17-7-4-3-5-8-17)23-12-6-11-21(14-23)15-24(20(21)26)18-9-10-19(25)22(2)13-18/h3-5,7-10,13,16H,6,11-12,14-15H2,1-2H3/t16-,21+/m0/s1. The van der Waals surface area contributed by atoms with Crippen LogP contribution in [0.4, 0.5) is 5.69 Å². The molecule has 1 aromatic carbocycles. The van der Waals surface area contributed by atoms with E-state index in [2.05, 4.69) is 36.1 Å². The van der Waals surface area contributed by atoms with Gasteiger partial charge in [-0.05, 0) is 37.9 Å². The molecular weight excluding hydrogens is 326 g/mol. The molecular formula is C21H25N3O2. The maximum Gasteiger partial charge on any atom is 0.250 e. The lowest BCUT2D eigenvalue weighted by Gasteiger charge is -2.54. The predicted octanol–water partition coefficient (Wildman–Crippen LogP) is 2.58. The molecule has 3 heterocycles. The molecule has 1 aromatic heterocycles. The number of rotatable bonds is 3. The van der Waals surface area contributed by atoms with Crippen LogP contribution >= 0.6 is 0 Å². The molecule has 2 saturated heterocycles. The van der Waals surface area contributed by atoms with Gasteiger partial charge >= 0.3 is 0 Å². The fourth-order valence-electron chi connectivity index (χ4n) is 4.33. The summed E-state index contributed by atoms with van der Waals surface area (Å²) >= 11 is 0. The average molecular weight is 351 g/mol. The summed E-state index contributed by atoms with van der Waals surface area (Å²) in [5.41, 5.74) is 1.79. The van der Waals surface area contributed by atoms with E-state index in [1.54, 1.807) is 19.3 Å². The zero-order chi connectivity index (χ0) is 18.3. The van der Waals surface area contributed by atoms with E-state index in [0.29, 0.717) is 6.04 Å². The second-order valence-electron chi connectivity index (χ2n) is 7.67. The van der Waals surface area contributed by atoms with Gasteiger partial charge in [0, 0.05) is 38.4 Å². The number of carbonyl (C=O) groups is 1. The van der Waals surface area contributed by atoms with Gasteiger partial charge in [0.05, 0.1) is 11.1 Å². The number of aromatic nitrogens is 1. The number of carbonyl (C=O) groups excluding carboxylic acids is 1. The fourth-order valence-corrected chi connectivity index (χ4v) is 4.33. The lowest BCUT2D eigenvalue weighted by molar-refractivity contribution is -0.140. The van der Waals surface area contributed by atoms with Crippen LogP contribution in [0.5, 0.6) is 0 Å². The van der Waals surface area contributed by atoms with E-state index >= 15 is 0 Å². The number of likely N-dealkylation sites (tertiary alicyclic amines) is 1. The molecule has 136 valence electrons. The number of hydrogen-bond donors (Lipinski definition) is 0. The lowest BCUT2D eigenvalue weighted by atomic mass is 9.71. The van der Waals surface area contributed by atoms with Gasteiger partial charge in [-0.25, -0.2) is 0 Å². The van der Waals surface area contributed by atoms with Crippen molar-refractivity contribution in [3.05, 3.63) is 64.6 Å². The second kappa shape index (κ2) is 6.40. The molecule has 0 radical (unpaired) electrons. The topological polar surface area (TPSA) is 45.5 Å². The first-order chi connectivity index (χ1) is 12.5. The van der Waals surface area contributed by atoms with Gasteiger partial charge in [0.25, 0.3) is 0 Å². The number of piperidine rings is 1. The Morgan fingerprint density at radius 3 is 2.50 bits per heavy atom. The van der Waals surface area contributed by atoms with Crippen molar-refractivity contribution in [3.63, 3.8) is 0 Å². The van der Waals surface area contributed by atoms with Crippen molar-refractivity contribution in [2.75, 3.05) is 24.5 Å². The van der Waals surface area contributed by atoms with Gasteiger partial charge in [0.15, 0.2) is 0 Å². The SMILES string of the molecule is C[C@@H](c1ccccc1)N1CCC[C@]2(CN(c3ccc(=O)n(C)c3)C2=O)C1. The monoisotopic (exact) mass is 351 g/mol. The van der Waals surface area contributed by atoms with Crippen LogP contribution in [0.3, 0.4) is 0 Å². The van der Waals surface area contributed by atoms with Crippen LogP contribution in [0.25, 0.3) is 0 Å². The number of aryl methyl sites for hydroxylation is 1. The number of amides is 1. The summed E-state index contributed by atoms with van der Waals surface area (Å²) in [6.07, 6.45) is 3.75. The number of nitrogens with zero attached hydrogens (tertiary/aromatic N) is 3. The molecule has 0 bridgehead atoms. The van der Waals surface area contributed by atoms with E-state index in [1.807, 2.05) is 11.0 Å². The summed E-state index contributed by atoms with van der Waals surface area (Å²) in [6.45, 7) is 4.80. The van der Waals surface area contributed by atoms with Crippen molar-refractivity contribution in [1.82, 2.24) is 9.47 Å². The average Bonchev–Trinajstić information content (AvgIpc) is 2.68. The summed E-state index contributed by atoms with van der Waals surface area (Å²) in [7, 11) is 1.72. The molecule has 0 N–H and O–H groups in total. The number of hydrogen-bond acceptors (Lipinski definition) is 3. The molecule has 1 amide bonds. The molecule has 0 unspecified atom stereocenters. The molecule has 1 spiro atoms. The van der Waals surface area contributed by atoms with Crippen LogP contribution in [-0.4, -0.2) is 35.0 Å². The molecule has 2 aliphatic heterocycles. The Morgan fingerprint density at radius 2 is 1.81 bits per heavy atom. The molecule has 2 aliphatic rings. The number of β-lactam (4-membered cyclic amide) rings is 1. The van der Waals surface area contributed by atoms with Crippen LogP contribution in [0.2, 0.25) is 0 Å². The van der Waals surface area contributed by atoms with Gasteiger partial charge in [-0.2, -0.15) is 0 Å². The number of benzene rings is 1. The molecule has 5 heteroatoms. The lowest BCUT2D eigenvalue weighted by Crippen LogP contribution is -2.67. The molecule has 2 fully saturated rings. The minimum Gasteiger partial charge on any atom is -0.317 e. The van der Waals surface area contributed by atoms with E-state index in [0.717, 1.165) is 38.2 Å². The van der Waals surface area contributed by atoms with Gasteiger partial charge in [0.1, 0.15) is 0 Å². The first kappa shape index (κ1) is 17.0. The van der Waals surface area contributed by atoms with Gasteiger partial charge in [-0.3, -0.25) is 14.5 Å². The van der Waals surface area contributed by atoms with E-state index in [9.17, 15) is 9.59 Å². The maximum atomic E-state index is 13.1. The minimum absolute atomic E-state index is 0.0584. The predicted molar refractivity (Wildman–Crippen MR) is 102 cm³/mol. The summed E-state index contributed by atoms with van der Waals surface area (Å²) in [5.74, 6) is 0.195. The largest absolute Gasteiger partial charge is 0.317 e. The van der Waals surface area contributed by atoms with Crippen LogP contribution in [0.15, 0.2) is 53.5 Å². The molecule has 5 nitrogen and oxygen atoms in total. The summed E-state index contributed by atoms with van der Waals surface area (Å²) < 4.78 is 1.53. The smallest absolute Gasteiger partial charge is 0.250 e. The molecule has 4 rings (SSSR count). The third-order valence-electron chi connectivity index (χ3n) is 5.98. The number of anilines is 1. The minimum atomic E-state index is -0.268. The van der Waals surface area contributed by atoms with Crippen LogP contribution < -0.4 is 10.5 Å². The quantitative estimate of drug-likeness (QED) is 0.799. The van der Waals surface area contributed by atoms with Crippen molar-refractivity contribution in [1.29, 1.82) is 0 Å². The highest BCUT2D eigenvalue weighted by molar-refractivity contribution is 6.04. The molecule has 2 aromatic rings. The molecule has 26 heavy (non-hydrogen) atoms. The second-order valence-corrected chi connectivity index (χ2v) is 7.67. The first-order valence-corrected chi connectivity index (χ1v) is 9.28. The van der Waals surface area contributed by atoms with Gasteiger partial charge < -0.3 is 9.47 Å². The van der Waals surface area contributed by atoms with Crippen LogP contribution in [0, 0.1) is 5.41 Å². The van der Waals surface area contributed by atoms with E-state index in [1.165, 1.54) is 16.2 Å². The van der Waals surface area contributed by atoms with E-state index < -0.39 is 0 Å². The van der Waals surface area contributed by atoms with Crippen LogP contribution in [0.1, 0.15) is 31.4 Å². The van der Waals surface area contributed by atoms with Crippen molar-refractivity contribution in [2.24, 2.45) is 12.5 Å². The van der Waals surface area contributed by atoms with Crippen molar-refractivity contribution >= 4 is 11.6 Å². The van der Waals surface area contributed by atoms with E-state index in [4.69, 9.17) is 0 Å². The Hall–Kier alpha value is -2.40. The summed E-state index contributed by atoms with van der Waals surface area (Å²) in [5, 5.41) is 0. The zero-order valence-electron chi connectivity index (χ0n) is 15.4. The zero-order valence-corrected chi connectivity index (χ0v) is 15.4. The van der Waals surface area contributed by atoms with Crippen molar-refractivity contribution in [2.45, 2.75) is 25.8 Å². The highest BCUT2D eigenvalue weighted by Gasteiger charge is 2.54. The summed E-state index contributed by atoms with van der Waals surface area (Å²) in [4.78, 5) is 28.9. The Morgan fingerprint density at radius 1 is 1.04 bits per heavy atom. The normalized spacial score (nSPS) is 24.5. The maximum absolute atomic E-state index is 13.1. The third-order valence-corrected chi connectivity index (χ3v) is 5.98. The summed E-state index contributed by atoms with van der Waals surface area (Å²) in [6, 6.07) is 14.1. The highest BCUT2D eigenvalue weighted by Crippen LogP contribution is 2.44. The first-order valence-electron chi connectivity index (χ1n) is 9.28. The van der Waals surface area contributed by atoms with Gasteiger partial charge in [0.2, 0.25) is 11.5 Å².